The minimum atomic E-state index is -1.12. The van der Waals surface area contributed by atoms with Crippen LogP contribution in [0, 0.1) is 0 Å². The first-order valence-electron chi connectivity index (χ1n) is 4.13. The molecule has 1 unspecified atom stereocenters. The number of aliphatic hydroxyl groups is 1. The van der Waals surface area contributed by atoms with Crippen molar-refractivity contribution < 1.29 is 19.4 Å². The van der Waals surface area contributed by atoms with Crippen molar-refractivity contribution in [2.45, 2.75) is 25.6 Å². The fourth-order valence-electron chi connectivity index (χ4n) is 1.16. The lowest BCUT2D eigenvalue weighted by molar-refractivity contribution is -0.157. The predicted octanol–water partition coefficient (Wildman–Crippen LogP) is -0.859. The van der Waals surface area contributed by atoms with E-state index in [4.69, 9.17) is 9.84 Å². The number of hydrogen-bond donors (Lipinski definition) is 1. The Labute approximate surface area is 76.3 Å². The van der Waals surface area contributed by atoms with Crippen LogP contribution < -0.4 is 0 Å². The highest BCUT2D eigenvalue weighted by atomic mass is 16.6. The predicted molar refractivity (Wildman–Crippen MR) is 43.8 cm³/mol. The van der Waals surface area contributed by atoms with Crippen molar-refractivity contribution >= 4 is 11.9 Å². The van der Waals surface area contributed by atoms with E-state index in [2.05, 4.69) is 0 Å². The topological polar surface area (TPSA) is 66.8 Å². The maximum Gasteiger partial charge on any atom is 0.335 e. The van der Waals surface area contributed by atoms with Gasteiger partial charge in [0.2, 0.25) is 5.91 Å². The summed E-state index contributed by atoms with van der Waals surface area (Å²) in [4.78, 5) is 23.4. The molecule has 0 bridgehead atoms. The summed E-state index contributed by atoms with van der Waals surface area (Å²) in [5.41, 5.74) is 0. The Morgan fingerprint density at radius 2 is 2.38 bits per heavy atom. The third-order valence-corrected chi connectivity index (χ3v) is 1.93. The van der Waals surface area contributed by atoms with E-state index in [1.54, 1.807) is 7.05 Å². The molecule has 1 aliphatic rings. The number of ether oxygens (including phenoxy) is 1. The second kappa shape index (κ2) is 3.74. The number of aliphatic hydroxyl groups excluding tert-OH is 1. The summed E-state index contributed by atoms with van der Waals surface area (Å²) in [5.74, 6) is -0.712. The molecule has 0 aromatic carbocycles. The molecule has 5 heteroatoms. The van der Waals surface area contributed by atoms with Crippen LogP contribution >= 0.6 is 0 Å². The second-order valence-electron chi connectivity index (χ2n) is 3.21. The molecule has 74 valence electrons. The molecule has 1 fully saturated rings. The second-order valence-corrected chi connectivity index (χ2v) is 3.21. The van der Waals surface area contributed by atoms with E-state index in [9.17, 15) is 9.59 Å². The van der Waals surface area contributed by atoms with E-state index >= 15 is 0 Å². The highest BCUT2D eigenvalue weighted by molar-refractivity contribution is 5.80. The normalized spacial score (nSPS) is 24.7. The van der Waals surface area contributed by atoms with Gasteiger partial charge in [-0.15, -0.1) is 0 Å². The minimum absolute atomic E-state index is 0.0385. The monoisotopic (exact) mass is 187 g/mol. The van der Waals surface area contributed by atoms with Gasteiger partial charge in [0.1, 0.15) is 12.2 Å². The number of carbonyl (C=O) groups excluding carboxylic acids is 2. The van der Waals surface area contributed by atoms with Crippen molar-refractivity contribution in [3.05, 3.63) is 0 Å². The molecular weight excluding hydrogens is 174 g/mol. The smallest absolute Gasteiger partial charge is 0.335 e. The first-order valence-corrected chi connectivity index (χ1v) is 4.13. The number of rotatable bonds is 2. The van der Waals surface area contributed by atoms with Crippen molar-refractivity contribution in [2.75, 3.05) is 13.6 Å². The minimum Gasteiger partial charge on any atom is -0.458 e. The van der Waals surface area contributed by atoms with Gasteiger partial charge in [0, 0.05) is 7.05 Å². The van der Waals surface area contributed by atoms with E-state index in [1.165, 1.54) is 11.8 Å². The molecule has 1 aliphatic heterocycles. The van der Waals surface area contributed by atoms with Crippen LogP contribution in [-0.4, -0.2) is 47.7 Å². The molecule has 0 saturated carbocycles. The molecule has 1 saturated heterocycles. The first-order chi connectivity index (χ1) is 6.00. The van der Waals surface area contributed by atoms with Gasteiger partial charge in [-0.2, -0.15) is 0 Å². The number of carbonyl (C=O) groups is 2. The third kappa shape index (κ3) is 2.42. The highest BCUT2D eigenvalue weighted by Crippen LogP contribution is 2.12. The summed E-state index contributed by atoms with van der Waals surface area (Å²) in [7, 11) is 1.65. The van der Waals surface area contributed by atoms with E-state index in [0.29, 0.717) is 6.54 Å². The van der Waals surface area contributed by atoms with E-state index in [0.717, 1.165) is 0 Å². The molecule has 0 aliphatic carbocycles. The van der Waals surface area contributed by atoms with Gasteiger partial charge in [-0.1, -0.05) is 0 Å². The Kier molecular flexibility index (Phi) is 2.87. The van der Waals surface area contributed by atoms with Crippen LogP contribution in [0.4, 0.5) is 0 Å². The van der Waals surface area contributed by atoms with Crippen LogP contribution in [-0.2, 0) is 14.3 Å². The van der Waals surface area contributed by atoms with Gasteiger partial charge in [-0.3, -0.25) is 4.79 Å². The molecule has 1 rings (SSSR count). The molecule has 1 N–H and O–H groups in total. The zero-order valence-corrected chi connectivity index (χ0v) is 7.69. The lowest BCUT2D eigenvalue weighted by atomic mass is 10.3. The number of hydrogen-bond acceptors (Lipinski definition) is 4. The lowest BCUT2D eigenvalue weighted by Gasteiger charge is -2.12. The summed E-state index contributed by atoms with van der Waals surface area (Å²) in [5, 5.41) is 8.84. The number of nitrogens with zero attached hydrogens (tertiary/aromatic N) is 1. The Balaban J connectivity index is 2.40. The summed E-state index contributed by atoms with van der Waals surface area (Å²) < 4.78 is 4.86. The molecule has 1 heterocycles. The number of likely N-dealkylation sites (N-methyl/N-ethyl adjacent to an activating group) is 1. The Bertz CT molecular complexity index is 226. The van der Waals surface area contributed by atoms with Crippen molar-refractivity contribution in [1.29, 1.82) is 0 Å². The van der Waals surface area contributed by atoms with E-state index in [-0.39, 0.29) is 12.3 Å². The van der Waals surface area contributed by atoms with E-state index < -0.39 is 18.2 Å². The van der Waals surface area contributed by atoms with Gasteiger partial charge in [0.25, 0.3) is 0 Å². The average molecular weight is 187 g/mol. The van der Waals surface area contributed by atoms with Crippen LogP contribution in [0.3, 0.4) is 0 Å². The summed E-state index contributed by atoms with van der Waals surface area (Å²) >= 11 is 0. The molecule has 5 nitrogen and oxygen atoms in total. The van der Waals surface area contributed by atoms with Crippen LogP contribution in [0.25, 0.3) is 0 Å². The Morgan fingerprint density at radius 1 is 1.77 bits per heavy atom. The van der Waals surface area contributed by atoms with E-state index in [1.807, 2.05) is 0 Å². The highest BCUT2D eigenvalue weighted by Gasteiger charge is 2.30. The Hall–Kier alpha value is -1.10. The van der Waals surface area contributed by atoms with Crippen LogP contribution in [0.2, 0.25) is 0 Å². The fourth-order valence-corrected chi connectivity index (χ4v) is 1.16. The molecule has 0 aromatic heterocycles. The lowest BCUT2D eigenvalue weighted by Crippen LogP contribution is -2.27. The van der Waals surface area contributed by atoms with Crippen LogP contribution in [0.1, 0.15) is 13.3 Å². The van der Waals surface area contributed by atoms with Gasteiger partial charge in [-0.05, 0) is 6.92 Å². The van der Waals surface area contributed by atoms with Crippen molar-refractivity contribution in [3.63, 3.8) is 0 Å². The van der Waals surface area contributed by atoms with Crippen molar-refractivity contribution in [3.8, 4) is 0 Å². The molecule has 0 radical (unpaired) electrons. The summed E-state index contributed by atoms with van der Waals surface area (Å²) in [6.07, 6.45) is -1.31. The molecule has 0 spiro atoms. The standard InChI is InChI=1S/C8H13NO4/c1-5(10)8(12)13-6-3-7(11)9(2)4-6/h5-6,10H,3-4H2,1-2H3/t5-,6?/m1/s1. The van der Waals surface area contributed by atoms with Crippen molar-refractivity contribution in [1.82, 2.24) is 4.90 Å². The molecule has 2 atom stereocenters. The maximum absolute atomic E-state index is 11.0. The molecule has 0 aromatic rings. The SMILES string of the molecule is C[C@@H](O)C(=O)OC1CC(=O)N(C)C1. The quantitative estimate of drug-likeness (QED) is 0.571. The first kappa shape index (κ1) is 9.98. The maximum atomic E-state index is 11.0. The fraction of sp³-hybridized carbons (Fsp3) is 0.750. The molecule has 1 amide bonds. The Morgan fingerprint density at radius 3 is 2.77 bits per heavy atom. The van der Waals surface area contributed by atoms with Crippen LogP contribution in [0.5, 0.6) is 0 Å². The largest absolute Gasteiger partial charge is 0.458 e. The molecule has 13 heavy (non-hydrogen) atoms. The zero-order chi connectivity index (χ0) is 10.0. The van der Waals surface area contributed by atoms with Gasteiger partial charge in [0.15, 0.2) is 0 Å². The molecular formula is C8H13NO4. The van der Waals surface area contributed by atoms with Gasteiger partial charge < -0.3 is 14.7 Å². The third-order valence-electron chi connectivity index (χ3n) is 1.93. The average Bonchev–Trinajstić information content (AvgIpc) is 2.31. The van der Waals surface area contributed by atoms with Crippen molar-refractivity contribution in [2.24, 2.45) is 0 Å². The summed E-state index contributed by atoms with van der Waals surface area (Å²) in [6, 6.07) is 0. The number of likely N-dealkylation sites (tertiary alicyclic amines) is 1. The summed E-state index contributed by atoms with van der Waals surface area (Å²) in [6.45, 7) is 1.75. The van der Waals surface area contributed by atoms with Gasteiger partial charge in [-0.25, -0.2) is 4.79 Å². The number of amides is 1. The number of esters is 1. The zero-order valence-electron chi connectivity index (χ0n) is 7.69. The van der Waals surface area contributed by atoms with Gasteiger partial charge in [0.05, 0.1) is 13.0 Å². The van der Waals surface area contributed by atoms with Crippen LogP contribution in [0.15, 0.2) is 0 Å². The van der Waals surface area contributed by atoms with Gasteiger partial charge >= 0.3 is 5.97 Å².